The maximum atomic E-state index is 10.1. The van der Waals surface area contributed by atoms with Crippen molar-refractivity contribution in [1.29, 1.82) is 0 Å². The zero-order chi connectivity index (χ0) is 13.2. The molecule has 2 heteroatoms. The average molecular weight is 260 g/mol. The summed E-state index contributed by atoms with van der Waals surface area (Å²) >= 11 is 0. The first kappa shape index (κ1) is 13.0. The number of aliphatic hydroxyl groups is 1. The van der Waals surface area contributed by atoms with E-state index in [1.807, 2.05) is 0 Å². The third kappa shape index (κ3) is 2.94. The van der Waals surface area contributed by atoms with E-state index in [1.54, 1.807) is 0 Å². The van der Waals surface area contributed by atoms with Crippen LogP contribution in [0.2, 0.25) is 0 Å². The number of hydrogen-bond acceptors (Lipinski definition) is 2. The lowest BCUT2D eigenvalue weighted by Gasteiger charge is -2.31. The van der Waals surface area contributed by atoms with Gasteiger partial charge in [-0.1, -0.05) is 19.1 Å². The largest absolute Gasteiger partial charge is 0.493 e. The molecule has 0 spiro atoms. The highest BCUT2D eigenvalue weighted by Gasteiger charge is 2.26. The Morgan fingerprint density at radius 1 is 1.32 bits per heavy atom. The molecule has 19 heavy (non-hydrogen) atoms. The van der Waals surface area contributed by atoms with Gasteiger partial charge in [-0.2, -0.15) is 0 Å². The Kier molecular flexibility index (Phi) is 3.79. The topological polar surface area (TPSA) is 29.5 Å². The zero-order valence-electron chi connectivity index (χ0n) is 11.8. The molecule has 0 amide bonds. The van der Waals surface area contributed by atoms with E-state index in [2.05, 4.69) is 25.1 Å². The molecule has 0 radical (unpaired) electrons. The number of rotatable bonds is 3. The summed E-state index contributed by atoms with van der Waals surface area (Å²) in [6.07, 6.45) is 6.54. The van der Waals surface area contributed by atoms with Crippen molar-refractivity contribution in [2.24, 2.45) is 11.8 Å². The fraction of sp³-hybridized carbons (Fsp3) is 0.647. The second-order valence-electron chi connectivity index (χ2n) is 6.32. The average Bonchev–Trinajstić information content (AvgIpc) is 2.87. The molecule has 0 saturated heterocycles. The van der Waals surface area contributed by atoms with E-state index in [1.165, 1.54) is 24.0 Å². The number of ether oxygens (including phenoxy) is 1. The molecule has 1 aliphatic carbocycles. The number of benzene rings is 1. The van der Waals surface area contributed by atoms with Gasteiger partial charge in [0.15, 0.2) is 0 Å². The van der Waals surface area contributed by atoms with Gasteiger partial charge in [-0.15, -0.1) is 0 Å². The molecule has 1 heterocycles. The van der Waals surface area contributed by atoms with Gasteiger partial charge < -0.3 is 9.84 Å². The van der Waals surface area contributed by atoms with Crippen LogP contribution < -0.4 is 4.74 Å². The molecule has 1 aliphatic heterocycles. The highest BCUT2D eigenvalue weighted by Crippen LogP contribution is 2.33. The Hall–Kier alpha value is -1.02. The minimum absolute atomic E-state index is 0.0750. The van der Waals surface area contributed by atoms with Gasteiger partial charge in [-0.25, -0.2) is 0 Å². The molecular formula is C17H24O2. The predicted octanol–water partition coefficient (Wildman–Crippen LogP) is 3.35. The lowest BCUT2D eigenvalue weighted by molar-refractivity contribution is 0.0476. The minimum Gasteiger partial charge on any atom is -0.493 e. The lowest BCUT2D eigenvalue weighted by atomic mass is 9.78. The number of fused-ring (bicyclic) bond motifs is 1. The van der Waals surface area contributed by atoms with Gasteiger partial charge in [-0.3, -0.25) is 0 Å². The summed E-state index contributed by atoms with van der Waals surface area (Å²) in [5.74, 6) is 2.34. The van der Waals surface area contributed by atoms with E-state index in [4.69, 9.17) is 4.74 Å². The molecule has 1 fully saturated rings. The first-order chi connectivity index (χ1) is 9.22. The van der Waals surface area contributed by atoms with Crippen molar-refractivity contribution in [3.8, 4) is 5.75 Å². The maximum Gasteiger partial charge on any atom is 0.122 e. The van der Waals surface area contributed by atoms with Crippen LogP contribution in [0.3, 0.4) is 0 Å². The van der Waals surface area contributed by atoms with Gasteiger partial charge in [0.2, 0.25) is 0 Å². The second kappa shape index (κ2) is 5.54. The van der Waals surface area contributed by atoms with Crippen LogP contribution in [0.1, 0.15) is 43.7 Å². The van der Waals surface area contributed by atoms with Crippen LogP contribution in [0.25, 0.3) is 0 Å². The maximum absolute atomic E-state index is 10.1. The van der Waals surface area contributed by atoms with E-state index in [0.29, 0.717) is 5.92 Å². The van der Waals surface area contributed by atoms with Crippen LogP contribution in [0.4, 0.5) is 0 Å². The van der Waals surface area contributed by atoms with Crippen LogP contribution >= 0.6 is 0 Å². The molecule has 3 atom stereocenters. The van der Waals surface area contributed by atoms with Crippen LogP contribution in [0.15, 0.2) is 18.2 Å². The molecule has 1 aromatic carbocycles. The van der Waals surface area contributed by atoms with E-state index in [-0.39, 0.29) is 6.10 Å². The standard InChI is InChI=1S/C17H24O2/c1-12-2-6-16(18)14(10-12)5-3-13-4-7-17-15(11-13)8-9-19-17/h4,7,11-12,14,16,18H,2-3,5-6,8-10H2,1H3. The fourth-order valence-corrected chi connectivity index (χ4v) is 3.54. The first-order valence-corrected chi connectivity index (χ1v) is 7.65. The summed E-state index contributed by atoms with van der Waals surface area (Å²) in [5, 5.41) is 10.1. The summed E-state index contributed by atoms with van der Waals surface area (Å²) in [5.41, 5.74) is 2.75. The van der Waals surface area contributed by atoms with Gasteiger partial charge in [0.05, 0.1) is 12.7 Å². The van der Waals surface area contributed by atoms with Crippen molar-refractivity contribution in [2.75, 3.05) is 6.61 Å². The summed E-state index contributed by atoms with van der Waals surface area (Å²) in [6, 6.07) is 6.58. The van der Waals surface area contributed by atoms with Gasteiger partial charge in [0, 0.05) is 6.42 Å². The Labute approximate surface area is 115 Å². The van der Waals surface area contributed by atoms with E-state index in [9.17, 15) is 5.11 Å². The highest BCUT2D eigenvalue weighted by molar-refractivity contribution is 5.39. The van der Waals surface area contributed by atoms with E-state index in [0.717, 1.165) is 44.0 Å². The Bertz CT molecular complexity index is 441. The third-order valence-electron chi connectivity index (χ3n) is 4.76. The van der Waals surface area contributed by atoms with Crippen molar-refractivity contribution >= 4 is 0 Å². The summed E-state index contributed by atoms with van der Waals surface area (Å²) in [6.45, 7) is 3.14. The summed E-state index contributed by atoms with van der Waals surface area (Å²) in [7, 11) is 0. The molecule has 2 nitrogen and oxygen atoms in total. The Morgan fingerprint density at radius 2 is 2.21 bits per heavy atom. The minimum atomic E-state index is -0.0750. The van der Waals surface area contributed by atoms with E-state index >= 15 is 0 Å². The lowest BCUT2D eigenvalue weighted by Crippen LogP contribution is -2.28. The second-order valence-corrected chi connectivity index (χ2v) is 6.32. The first-order valence-electron chi connectivity index (χ1n) is 7.65. The van der Waals surface area contributed by atoms with Gasteiger partial charge in [-0.05, 0) is 61.1 Å². The van der Waals surface area contributed by atoms with Crippen LogP contribution in [-0.2, 0) is 12.8 Å². The van der Waals surface area contributed by atoms with Gasteiger partial charge in [0.1, 0.15) is 5.75 Å². The summed E-state index contributed by atoms with van der Waals surface area (Å²) in [4.78, 5) is 0. The third-order valence-corrected chi connectivity index (χ3v) is 4.76. The summed E-state index contributed by atoms with van der Waals surface area (Å²) < 4.78 is 5.54. The SMILES string of the molecule is CC1CCC(O)C(CCc2ccc3c(c2)CCO3)C1. The predicted molar refractivity (Wildman–Crippen MR) is 76.5 cm³/mol. The molecule has 1 aromatic rings. The molecule has 1 saturated carbocycles. The van der Waals surface area contributed by atoms with Crippen molar-refractivity contribution in [3.63, 3.8) is 0 Å². The molecule has 3 unspecified atom stereocenters. The molecule has 2 aliphatic rings. The monoisotopic (exact) mass is 260 g/mol. The molecule has 1 N–H and O–H groups in total. The normalized spacial score (nSPS) is 29.9. The molecule has 104 valence electrons. The molecule has 0 bridgehead atoms. The quantitative estimate of drug-likeness (QED) is 0.903. The van der Waals surface area contributed by atoms with Crippen molar-refractivity contribution in [1.82, 2.24) is 0 Å². The Balaban J connectivity index is 1.59. The molecular weight excluding hydrogens is 236 g/mol. The van der Waals surface area contributed by atoms with Crippen LogP contribution in [0.5, 0.6) is 5.75 Å². The smallest absolute Gasteiger partial charge is 0.122 e. The van der Waals surface area contributed by atoms with Gasteiger partial charge >= 0.3 is 0 Å². The van der Waals surface area contributed by atoms with E-state index < -0.39 is 0 Å². The molecule has 3 rings (SSSR count). The highest BCUT2D eigenvalue weighted by atomic mass is 16.5. The number of hydrogen-bond donors (Lipinski definition) is 1. The number of aliphatic hydroxyl groups excluding tert-OH is 1. The zero-order valence-corrected chi connectivity index (χ0v) is 11.8. The van der Waals surface area contributed by atoms with Crippen LogP contribution in [0, 0.1) is 11.8 Å². The van der Waals surface area contributed by atoms with Crippen molar-refractivity contribution < 1.29 is 9.84 Å². The number of aryl methyl sites for hydroxylation is 1. The molecule has 0 aromatic heterocycles. The van der Waals surface area contributed by atoms with Crippen molar-refractivity contribution in [2.45, 2.75) is 51.6 Å². The van der Waals surface area contributed by atoms with Crippen molar-refractivity contribution in [3.05, 3.63) is 29.3 Å². The fourth-order valence-electron chi connectivity index (χ4n) is 3.54. The Morgan fingerprint density at radius 3 is 3.11 bits per heavy atom. The van der Waals surface area contributed by atoms with Gasteiger partial charge in [0.25, 0.3) is 0 Å². The van der Waals surface area contributed by atoms with Crippen LogP contribution in [-0.4, -0.2) is 17.8 Å².